The quantitative estimate of drug-likeness (QED) is 0.671. The highest BCUT2D eigenvalue weighted by Gasteiger charge is 2.12. The van der Waals surface area contributed by atoms with E-state index < -0.39 is 0 Å². The molecule has 8 heteroatoms. The SMILES string of the molecule is Cc1cc(Sc2nc(N)nc3[nH]ncc23)n(C)n1. The fourth-order valence-corrected chi connectivity index (χ4v) is 2.68. The van der Waals surface area contributed by atoms with Gasteiger partial charge in [0.1, 0.15) is 10.1 Å². The molecular weight excluding hydrogens is 250 g/mol. The van der Waals surface area contributed by atoms with E-state index in [4.69, 9.17) is 5.73 Å². The molecule has 3 aromatic heterocycles. The van der Waals surface area contributed by atoms with Crippen molar-refractivity contribution in [3.8, 4) is 0 Å². The summed E-state index contributed by atoms with van der Waals surface area (Å²) in [5.41, 5.74) is 7.28. The first-order valence-electron chi connectivity index (χ1n) is 5.28. The van der Waals surface area contributed by atoms with E-state index in [2.05, 4.69) is 25.3 Å². The molecule has 0 amide bonds. The maximum Gasteiger partial charge on any atom is 0.223 e. The summed E-state index contributed by atoms with van der Waals surface area (Å²) in [6.45, 7) is 1.95. The minimum Gasteiger partial charge on any atom is -0.368 e. The van der Waals surface area contributed by atoms with Gasteiger partial charge in [-0.05, 0) is 24.8 Å². The van der Waals surface area contributed by atoms with Crippen LogP contribution in [0.25, 0.3) is 11.0 Å². The molecule has 0 unspecified atom stereocenters. The first-order chi connectivity index (χ1) is 8.63. The average Bonchev–Trinajstić information content (AvgIpc) is 2.86. The normalized spacial score (nSPS) is 11.2. The monoisotopic (exact) mass is 261 g/mol. The number of nitrogen functional groups attached to an aromatic ring is 1. The minimum absolute atomic E-state index is 0.230. The Bertz CT molecular complexity index is 714. The molecule has 0 saturated heterocycles. The van der Waals surface area contributed by atoms with Crippen LogP contribution in [0.5, 0.6) is 0 Å². The predicted octanol–water partition coefficient (Wildman–Crippen LogP) is 1.13. The Kier molecular flexibility index (Phi) is 2.44. The highest BCUT2D eigenvalue weighted by atomic mass is 32.2. The lowest BCUT2D eigenvalue weighted by atomic mass is 10.4. The molecule has 0 bridgehead atoms. The Labute approximate surface area is 107 Å². The molecular formula is C10H11N7S. The number of anilines is 1. The number of nitrogens with two attached hydrogens (primary N) is 1. The van der Waals surface area contributed by atoms with Gasteiger partial charge in [-0.15, -0.1) is 0 Å². The second kappa shape index (κ2) is 3.98. The molecule has 3 rings (SSSR count). The minimum atomic E-state index is 0.230. The van der Waals surface area contributed by atoms with E-state index in [1.807, 2.05) is 24.7 Å². The maximum atomic E-state index is 5.68. The first-order valence-corrected chi connectivity index (χ1v) is 6.10. The summed E-state index contributed by atoms with van der Waals surface area (Å²) >= 11 is 1.49. The molecule has 92 valence electrons. The van der Waals surface area contributed by atoms with Gasteiger partial charge in [0.2, 0.25) is 5.95 Å². The smallest absolute Gasteiger partial charge is 0.223 e. The zero-order valence-corrected chi connectivity index (χ0v) is 10.7. The third-order valence-corrected chi connectivity index (χ3v) is 3.55. The van der Waals surface area contributed by atoms with Gasteiger partial charge in [-0.25, -0.2) is 4.98 Å². The van der Waals surface area contributed by atoms with E-state index in [1.165, 1.54) is 11.8 Å². The zero-order chi connectivity index (χ0) is 12.7. The number of rotatable bonds is 2. The molecule has 0 radical (unpaired) electrons. The van der Waals surface area contributed by atoms with E-state index >= 15 is 0 Å². The number of hydrogen-bond donors (Lipinski definition) is 2. The molecule has 3 N–H and O–H groups in total. The van der Waals surface area contributed by atoms with E-state index in [1.54, 1.807) is 6.20 Å². The van der Waals surface area contributed by atoms with E-state index in [9.17, 15) is 0 Å². The molecule has 3 aromatic rings. The highest BCUT2D eigenvalue weighted by Crippen LogP contribution is 2.31. The molecule has 0 spiro atoms. The van der Waals surface area contributed by atoms with E-state index in [0.29, 0.717) is 5.65 Å². The van der Waals surface area contributed by atoms with Gasteiger partial charge >= 0.3 is 0 Å². The molecule has 18 heavy (non-hydrogen) atoms. The topological polar surface area (TPSA) is 98.3 Å². The van der Waals surface area contributed by atoms with Crippen LogP contribution in [0.3, 0.4) is 0 Å². The standard InChI is InChI=1S/C10H11N7S/c1-5-3-7(17(2)16-5)18-9-6-4-12-15-8(6)13-10(11)14-9/h3-4H,1-2H3,(H3,11,12,13,14,15). The van der Waals surface area contributed by atoms with Gasteiger partial charge in [0.05, 0.1) is 17.3 Å². The number of aromatic nitrogens is 6. The second-order valence-electron chi connectivity index (χ2n) is 3.87. The van der Waals surface area contributed by atoms with Gasteiger partial charge in [0.25, 0.3) is 0 Å². The van der Waals surface area contributed by atoms with Gasteiger partial charge in [0, 0.05) is 7.05 Å². The first kappa shape index (κ1) is 11.0. The summed E-state index contributed by atoms with van der Waals surface area (Å²) in [4.78, 5) is 8.33. The van der Waals surface area contributed by atoms with Crippen LogP contribution >= 0.6 is 11.8 Å². The molecule has 0 saturated carbocycles. The van der Waals surface area contributed by atoms with Crippen LogP contribution < -0.4 is 5.73 Å². The predicted molar refractivity (Wildman–Crippen MR) is 68.2 cm³/mol. The Hall–Kier alpha value is -2.09. The van der Waals surface area contributed by atoms with Crippen LogP contribution in [0.15, 0.2) is 22.3 Å². The van der Waals surface area contributed by atoms with Crippen LogP contribution in [-0.2, 0) is 7.05 Å². The molecule has 3 heterocycles. The number of aromatic amines is 1. The Morgan fingerprint density at radius 1 is 1.39 bits per heavy atom. The fraction of sp³-hybridized carbons (Fsp3) is 0.200. The Morgan fingerprint density at radius 2 is 2.22 bits per heavy atom. The third kappa shape index (κ3) is 1.80. The van der Waals surface area contributed by atoms with Crippen LogP contribution in [0.4, 0.5) is 5.95 Å². The van der Waals surface area contributed by atoms with Crippen molar-refractivity contribution in [1.82, 2.24) is 29.9 Å². The number of nitrogens with one attached hydrogen (secondary N) is 1. The summed E-state index contributed by atoms with van der Waals surface area (Å²) in [5.74, 6) is 0.230. The van der Waals surface area contributed by atoms with Crippen molar-refractivity contribution < 1.29 is 0 Å². The zero-order valence-electron chi connectivity index (χ0n) is 9.88. The molecule has 0 aliphatic rings. The summed E-state index contributed by atoms with van der Waals surface area (Å²) in [7, 11) is 1.90. The van der Waals surface area contributed by atoms with Gasteiger partial charge in [-0.3, -0.25) is 9.78 Å². The average molecular weight is 261 g/mol. The van der Waals surface area contributed by atoms with Crippen LogP contribution in [0.1, 0.15) is 5.69 Å². The summed E-state index contributed by atoms with van der Waals surface area (Å²) < 4.78 is 1.81. The number of hydrogen-bond acceptors (Lipinski definition) is 6. The lowest BCUT2D eigenvalue weighted by Crippen LogP contribution is -1.98. The maximum absolute atomic E-state index is 5.68. The van der Waals surface area contributed by atoms with Crippen molar-refractivity contribution in [3.05, 3.63) is 18.0 Å². The summed E-state index contributed by atoms with van der Waals surface area (Å²) in [6, 6.07) is 1.99. The molecule has 0 aliphatic heterocycles. The highest BCUT2D eigenvalue weighted by molar-refractivity contribution is 7.99. The van der Waals surface area contributed by atoms with Crippen LogP contribution in [-0.4, -0.2) is 29.9 Å². The van der Waals surface area contributed by atoms with Gasteiger partial charge < -0.3 is 5.73 Å². The third-order valence-electron chi connectivity index (χ3n) is 2.45. The van der Waals surface area contributed by atoms with Crippen molar-refractivity contribution in [2.75, 3.05) is 5.73 Å². The van der Waals surface area contributed by atoms with Gasteiger partial charge in [-0.2, -0.15) is 15.2 Å². The summed E-state index contributed by atoms with van der Waals surface area (Å²) in [6.07, 6.45) is 1.69. The van der Waals surface area contributed by atoms with Crippen molar-refractivity contribution >= 4 is 28.7 Å². The van der Waals surface area contributed by atoms with E-state index in [0.717, 1.165) is 21.1 Å². The summed E-state index contributed by atoms with van der Waals surface area (Å²) in [5, 5.41) is 13.7. The number of fused-ring (bicyclic) bond motifs is 1. The van der Waals surface area contributed by atoms with Gasteiger partial charge in [0.15, 0.2) is 5.65 Å². The second-order valence-corrected chi connectivity index (χ2v) is 4.88. The molecule has 7 nitrogen and oxygen atoms in total. The van der Waals surface area contributed by atoms with Crippen molar-refractivity contribution in [3.63, 3.8) is 0 Å². The van der Waals surface area contributed by atoms with Crippen LogP contribution in [0, 0.1) is 6.92 Å². The Balaban J connectivity index is 2.09. The van der Waals surface area contributed by atoms with Crippen LogP contribution in [0.2, 0.25) is 0 Å². The Morgan fingerprint density at radius 3 is 2.94 bits per heavy atom. The van der Waals surface area contributed by atoms with Crippen molar-refractivity contribution in [2.24, 2.45) is 7.05 Å². The lowest BCUT2D eigenvalue weighted by molar-refractivity contribution is 0.692. The van der Waals surface area contributed by atoms with E-state index in [-0.39, 0.29) is 5.95 Å². The lowest BCUT2D eigenvalue weighted by Gasteiger charge is -2.02. The molecule has 0 fully saturated rings. The van der Waals surface area contributed by atoms with Crippen molar-refractivity contribution in [2.45, 2.75) is 17.0 Å². The number of aryl methyl sites for hydroxylation is 2. The fourth-order valence-electron chi connectivity index (χ4n) is 1.68. The molecule has 0 aromatic carbocycles. The molecule has 0 atom stereocenters. The van der Waals surface area contributed by atoms with Gasteiger partial charge in [-0.1, -0.05) is 0 Å². The number of H-pyrrole nitrogens is 1. The molecule has 0 aliphatic carbocycles. The number of nitrogens with zero attached hydrogens (tertiary/aromatic N) is 5. The van der Waals surface area contributed by atoms with Crippen molar-refractivity contribution in [1.29, 1.82) is 0 Å². The largest absolute Gasteiger partial charge is 0.368 e.